The highest BCUT2D eigenvalue weighted by Crippen LogP contribution is 2.22. The molecule has 2 unspecified atom stereocenters. The van der Waals surface area contributed by atoms with Gasteiger partial charge in [0.05, 0.1) is 6.04 Å². The molecule has 1 aliphatic heterocycles. The van der Waals surface area contributed by atoms with Gasteiger partial charge in [-0.05, 0) is 24.1 Å². The van der Waals surface area contributed by atoms with Crippen molar-refractivity contribution in [1.29, 1.82) is 0 Å². The fourth-order valence-corrected chi connectivity index (χ4v) is 2.28. The van der Waals surface area contributed by atoms with Crippen molar-refractivity contribution in [2.75, 3.05) is 13.1 Å². The minimum absolute atomic E-state index is 0.0229. The molecule has 2 N–H and O–H groups in total. The van der Waals surface area contributed by atoms with Crippen LogP contribution in [0.5, 0.6) is 0 Å². The molecule has 18 heavy (non-hydrogen) atoms. The number of rotatable bonds is 3. The molecule has 1 aromatic rings. The zero-order valence-corrected chi connectivity index (χ0v) is 10.2. The monoisotopic (exact) mass is 254 g/mol. The van der Waals surface area contributed by atoms with E-state index in [-0.39, 0.29) is 18.0 Å². The van der Waals surface area contributed by atoms with Crippen LogP contribution in [0.4, 0.5) is 8.78 Å². The minimum Gasteiger partial charge on any atom is -0.341 e. The molecule has 0 aliphatic carbocycles. The third-order valence-electron chi connectivity index (χ3n) is 3.18. The Morgan fingerprint density at radius 2 is 2.22 bits per heavy atom. The first-order valence-corrected chi connectivity index (χ1v) is 5.95. The SMILES string of the molecule is CC1CC(=O)N(CC(N)c2cc(F)ccc2F)C1. The molecule has 0 bridgehead atoms. The fourth-order valence-electron chi connectivity index (χ4n) is 2.28. The second-order valence-electron chi connectivity index (χ2n) is 4.88. The van der Waals surface area contributed by atoms with Crippen LogP contribution in [-0.4, -0.2) is 23.9 Å². The molecule has 1 aliphatic rings. The van der Waals surface area contributed by atoms with Crippen molar-refractivity contribution in [2.45, 2.75) is 19.4 Å². The van der Waals surface area contributed by atoms with Gasteiger partial charge in [0.25, 0.3) is 0 Å². The molecular weight excluding hydrogens is 238 g/mol. The highest BCUT2D eigenvalue weighted by atomic mass is 19.1. The van der Waals surface area contributed by atoms with Crippen LogP contribution in [0.25, 0.3) is 0 Å². The normalized spacial score (nSPS) is 21.4. The fraction of sp³-hybridized carbons (Fsp3) is 0.462. The van der Waals surface area contributed by atoms with Crippen molar-refractivity contribution in [3.63, 3.8) is 0 Å². The number of hydrogen-bond donors (Lipinski definition) is 1. The molecule has 5 heteroatoms. The van der Waals surface area contributed by atoms with Crippen LogP contribution in [0.3, 0.4) is 0 Å². The third-order valence-corrected chi connectivity index (χ3v) is 3.18. The Morgan fingerprint density at radius 3 is 2.83 bits per heavy atom. The molecule has 2 atom stereocenters. The van der Waals surface area contributed by atoms with E-state index >= 15 is 0 Å². The van der Waals surface area contributed by atoms with E-state index in [1.54, 1.807) is 4.90 Å². The van der Waals surface area contributed by atoms with Crippen molar-refractivity contribution < 1.29 is 13.6 Å². The second-order valence-corrected chi connectivity index (χ2v) is 4.88. The molecular formula is C13H16F2N2O. The van der Waals surface area contributed by atoms with Crippen LogP contribution in [-0.2, 0) is 4.79 Å². The van der Waals surface area contributed by atoms with Crippen LogP contribution >= 0.6 is 0 Å². The summed E-state index contributed by atoms with van der Waals surface area (Å²) in [7, 11) is 0. The average molecular weight is 254 g/mol. The molecule has 1 saturated heterocycles. The topological polar surface area (TPSA) is 46.3 Å². The number of carbonyl (C=O) groups is 1. The second kappa shape index (κ2) is 5.02. The molecule has 1 aromatic carbocycles. The van der Waals surface area contributed by atoms with Crippen LogP contribution in [0.2, 0.25) is 0 Å². The van der Waals surface area contributed by atoms with Crippen LogP contribution in [0.1, 0.15) is 24.9 Å². The standard InChI is InChI=1S/C13H16F2N2O/c1-8-4-13(18)17(6-8)7-12(16)10-5-9(14)2-3-11(10)15/h2-3,5,8,12H,4,6-7,16H2,1H3. The summed E-state index contributed by atoms with van der Waals surface area (Å²) in [5, 5.41) is 0. The zero-order chi connectivity index (χ0) is 13.3. The maximum atomic E-state index is 13.5. The molecule has 98 valence electrons. The Morgan fingerprint density at radius 1 is 1.50 bits per heavy atom. The highest BCUT2D eigenvalue weighted by molar-refractivity contribution is 5.78. The van der Waals surface area contributed by atoms with Crippen molar-refractivity contribution in [1.82, 2.24) is 4.90 Å². The van der Waals surface area contributed by atoms with E-state index in [1.807, 2.05) is 6.92 Å². The lowest BCUT2D eigenvalue weighted by atomic mass is 10.1. The van der Waals surface area contributed by atoms with Gasteiger partial charge in [0.2, 0.25) is 5.91 Å². The van der Waals surface area contributed by atoms with Crippen molar-refractivity contribution >= 4 is 5.91 Å². The van der Waals surface area contributed by atoms with Gasteiger partial charge in [-0.15, -0.1) is 0 Å². The van der Waals surface area contributed by atoms with Crippen molar-refractivity contribution in [3.8, 4) is 0 Å². The zero-order valence-electron chi connectivity index (χ0n) is 10.2. The molecule has 1 fully saturated rings. The maximum Gasteiger partial charge on any atom is 0.222 e. The van der Waals surface area contributed by atoms with Crippen molar-refractivity contribution in [3.05, 3.63) is 35.4 Å². The van der Waals surface area contributed by atoms with Gasteiger partial charge < -0.3 is 10.6 Å². The number of hydrogen-bond acceptors (Lipinski definition) is 2. The van der Waals surface area contributed by atoms with Crippen LogP contribution < -0.4 is 5.73 Å². The summed E-state index contributed by atoms with van der Waals surface area (Å²) in [6, 6.07) is 2.49. The average Bonchev–Trinajstić information content (AvgIpc) is 2.61. The molecule has 0 saturated carbocycles. The number of likely N-dealkylation sites (tertiary alicyclic amines) is 1. The first kappa shape index (κ1) is 13.0. The summed E-state index contributed by atoms with van der Waals surface area (Å²) >= 11 is 0. The summed E-state index contributed by atoms with van der Waals surface area (Å²) in [6.07, 6.45) is 0.498. The maximum absolute atomic E-state index is 13.5. The summed E-state index contributed by atoms with van der Waals surface area (Å²) in [6.45, 7) is 2.83. The molecule has 2 rings (SSSR count). The molecule has 3 nitrogen and oxygen atoms in total. The van der Waals surface area contributed by atoms with Gasteiger partial charge in [-0.25, -0.2) is 8.78 Å². The first-order valence-electron chi connectivity index (χ1n) is 5.95. The first-order chi connectivity index (χ1) is 8.47. The summed E-state index contributed by atoms with van der Waals surface area (Å²) < 4.78 is 26.6. The predicted molar refractivity (Wildman–Crippen MR) is 63.6 cm³/mol. The lowest BCUT2D eigenvalue weighted by molar-refractivity contribution is -0.127. The Bertz CT molecular complexity index is 464. The number of halogens is 2. The van der Waals surface area contributed by atoms with Gasteiger partial charge in [0.15, 0.2) is 0 Å². The summed E-state index contributed by atoms with van der Waals surface area (Å²) in [5.41, 5.74) is 5.96. The smallest absolute Gasteiger partial charge is 0.222 e. The lowest BCUT2D eigenvalue weighted by Crippen LogP contribution is -2.33. The Hall–Kier alpha value is -1.49. The largest absolute Gasteiger partial charge is 0.341 e. The van der Waals surface area contributed by atoms with Crippen LogP contribution in [0, 0.1) is 17.6 Å². The van der Waals surface area contributed by atoms with Gasteiger partial charge in [-0.1, -0.05) is 6.92 Å². The third kappa shape index (κ3) is 2.67. The Balaban J connectivity index is 2.10. The van der Waals surface area contributed by atoms with Gasteiger partial charge in [0.1, 0.15) is 11.6 Å². The lowest BCUT2D eigenvalue weighted by Gasteiger charge is -2.21. The van der Waals surface area contributed by atoms with E-state index in [0.29, 0.717) is 18.9 Å². The van der Waals surface area contributed by atoms with Gasteiger partial charge >= 0.3 is 0 Å². The molecule has 0 spiro atoms. The molecule has 0 aromatic heterocycles. The highest BCUT2D eigenvalue weighted by Gasteiger charge is 2.28. The van der Waals surface area contributed by atoms with E-state index in [2.05, 4.69) is 0 Å². The predicted octanol–water partition coefficient (Wildman–Crippen LogP) is 1.83. The number of benzene rings is 1. The van der Waals surface area contributed by atoms with E-state index in [4.69, 9.17) is 5.73 Å². The van der Waals surface area contributed by atoms with Crippen molar-refractivity contribution in [2.24, 2.45) is 11.7 Å². The summed E-state index contributed by atoms with van der Waals surface area (Å²) in [4.78, 5) is 13.2. The molecule has 0 radical (unpaired) electrons. The Kier molecular flexibility index (Phi) is 3.61. The molecule has 1 heterocycles. The van der Waals surface area contributed by atoms with E-state index in [0.717, 1.165) is 18.2 Å². The quantitative estimate of drug-likeness (QED) is 0.894. The number of nitrogens with two attached hydrogens (primary N) is 1. The minimum atomic E-state index is -0.699. The number of carbonyl (C=O) groups excluding carboxylic acids is 1. The molecule has 1 amide bonds. The number of nitrogens with zero attached hydrogens (tertiary/aromatic N) is 1. The number of amides is 1. The van der Waals surface area contributed by atoms with Gasteiger partial charge in [0, 0.05) is 25.1 Å². The Labute approximate surface area is 105 Å². The van der Waals surface area contributed by atoms with Crippen LogP contribution in [0.15, 0.2) is 18.2 Å². The summed E-state index contributed by atoms with van der Waals surface area (Å²) in [5.74, 6) is -0.747. The van der Waals surface area contributed by atoms with E-state index < -0.39 is 17.7 Å². The van der Waals surface area contributed by atoms with Gasteiger partial charge in [-0.3, -0.25) is 4.79 Å². The van der Waals surface area contributed by atoms with E-state index in [1.165, 1.54) is 0 Å². The van der Waals surface area contributed by atoms with E-state index in [9.17, 15) is 13.6 Å². The van der Waals surface area contributed by atoms with Gasteiger partial charge in [-0.2, -0.15) is 0 Å².